The fourth-order valence-corrected chi connectivity index (χ4v) is 3.35. The van der Waals surface area contributed by atoms with Crippen molar-refractivity contribution >= 4 is 0 Å². The number of aromatic nitrogens is 2. The molecule has 4 heteroatoms. The summed E-state index contributed by atoms with van der Waals surface area (Å²) in [5.41, 5.74) is 2.70. The van der Waals surface area contributed by atoms with Gasteiger partial charge in [-0.15, -0.1) is 0 Å². The lowest BCUT2D eigenvalue weighted by atomic mass is 9.91. The molecule has 1 aromatic heterocycles. The number of likely N-dealkylation sites (tertiary alicyclic amines) is 1. The van der Waals surface area contributed by atoms with E-state index >= 15 is 0 Å². The number of rotatable bonds is 4. The standard InChI is InChI=1S/C16H27N3O/c1-4-14-9-16(19(17-14)12(2)3)13-5-7-18(8-6-13)15-10-20-11-15/h9,12-13,15H,4-8,10-11H2,1-3H3. The number of aryl methyl sites for hydroxylation is 1. The summed E-state index contributed by atoms with van der Waals surface area (Å²) in [5, 5.41) is 4.77. The Bertz CT molecular complexity index is 443. The highest BCUT2D eigenvalue weighted by Crippen LogP contribution is 2.31. The van der Waals surface area contributed by atoms with Crippen molar-refractivity contribution in [2.24, 2.45) is 0 Å². The van der Waals surface area contributed by atoms with Crippen LogP contribution in [0, 0.1) is 0 Å². The zero-order valence-electron chi connectivity index (χ0n) is 13.0. The highest BCUT2D eigenvalue weighted by atomic mass is 16.5. The second kappa shape index (κ2) is 5.86. The second-order valence-electron chi connectivity index (χ2n) is 6.45. The summed E-state index contributed by atoms with van der Waals surface area (Å²) in [6, 6.07) is 3.49. The van der Waals surface area contributed by atoms with Crippen molar-refractivity contribution in [2.75, 3.05) is 26.3 Å². The lowest BCUT2D eigenvalue weighted by Crippen LogP contribution is -2.51. The molecule has 2 aliphatic rings. The van der Waals surface area contributed by atoms with E-state index in [1.807, 2.05) is 0 Å². The molecule has 20 heavy (non-hydrogen) atoms. The van der Waals surface area contributed by atoms with Crippen molar-refractivity contribution in [1.29, 1.82) is 0 Å². The van der Waals surface area contributed by atoms with Crippen LogP contribution < -0.4 is 0 Å². The molecule has 0 atom stereocenters. The first-order valence-electron chi connectivity index (χ1n) is 8.09. The van der Waals surface area contributed by atoms with E-state index in [9.17, 15) is 0 Å². The van der Waals surface area contributed by atoms with E-state index < -0.39 is 0 Å². The van der Waals surface area contributed by atoms with Gasteiger partial charge < -0.3 is 4.74 Å². The highest BCUT2D eigenvalue weighted by molar-refractivity contribution is 5.17. The van der Waals surface area contributed by atoms with Crippen LogP contribution in [0.2, 0.25) is 0 Å². The summed E-state index contributed by atoms with van der Waals surface area (Å²) in [6.07, 6.45) is 3.56. The van der Waals surface area contributed by atoms with E-state index in [2.05, 4.69) is 36.4 Å². The Morgan fingerprint density at radius 1 is 1.30 bits per heavy atom. The SMILES string of the molecule is CCc1cc(C2CCN(C3COC3)CC2)n(C(C)C)n1. The van der Waals surface area contributed by atoms with Crippen LogP contribution in [-0.4, -0.2) is 47.0 Å². The molecular weight excluding hydrogens is 250 g/mol. The third kappa shape index (κ3) is 2.63. The highest BCUT2D eigenvalue weighted by Gasteiger charge is 2.31. The van der Waals surface area contributed by atoms with E-state index in [0.717, 1.165) is 19.6 Å². The lowest BCUT2D eigenvalue weighted by Gasteiger charge is -2.41. The van der Waals surface area contributed by atoms with Gasteiger partial charge in [-0.25, -0.2) is 0 Å². The predicted octanol–water partition coefficient (Wildman–Crippen LogP) is 2.60. The molecule has 0 aliphatic carbocycles. The Hall–Kier alpha value is -0.870. The van der Waals surface area contributed by atoms with Gasteiger partial charge in [0.05, 0.1) is 24.9 Å². The molecule has 0 N–H and O–H groups in total. The van der Waals surface area contributed by atoms with Gasteiger partial charge in [-0.2, -0.15) is 5.10 Å². The number of nitrogens with zero attached hydrogens (tertiary/aromatic N) is 3. The van der Waals surface area contributed by atoms with Crippen LogP contribution in [0.3, 0.4) is 0 Å². The zero-order valence-corrected chi connectivity index (χ0v) is 13.0. The van der Waals surface area contributed by atoms with Gasteiger partial charge in [0.2, 0.25) is 0 Å². The smallest absolute Gasteiger partial charge is 0.0645 e. The molecule has 0 unspecified atom stereocenters. The van der Waals surface area contributed by atoms with Crippen LogP contribution in [0.5, 0.6) is 0 Å². The lowest BCUT2D eigenvalue weighted by molar-refractivity contribution is -0.0714. The summed E-state index contributed by atoms with van der Waals surface area (Å²) >= 11 is 0. The Kier molecular flexibility index (Phi) is 4.13. The number of ether oxygens (including phenoxy) is 1. The average Bonchev–Trinajstić information content (AvgIpc) is 2.82. The van der Waals surface area contributed by atoms with Crippen LogP contribution in [0.4, 0.5) is 0 Å². The van der Waals surface area contributed by atoms with Crippen molar-refractivity contribution in [3.8, 4) is 0 Å². The van der Waals surface area contributed by atoms with Crippen LogP contribution in [0.25, 0.3) is 0 Å². The van der Waals surface area contributed by atoms with Crippen molar-refractivity contribution in [2.45, 2.75) is 58.0 Å². The van der Waals surface area contributed by atoms with Gasteiger partial charge in [0.1, 0.15) is 0 Å². The quantitative estimate of drug-likeness (QED) is 0.847. The predicted molar refractivity (Wildman–Crippen MR) is 80.1 cm³/mol. The average molecular weight is 277 g/mol. The van der Waals surface area contributed by atoms with Crippen LogP contribution in [0.1, 0.15) is 57.0 Å². The fourth-order valence-electron chi connectivity index (χ4n) is 3.35. The van der Waals surface area contributed by atoms with Crippen molar-refractivity contribution in [1.82, 2.24) is 14.7 Å². The van der Waals surface area contributed by atoms with E-state index in [-0.39, 0.29) is 0 Å². The fraction of sp³-hybridized carbons (Fsp3) is 0.812. The first-order valence-corrected chi connectivity index (χ1v) is 8.09. The summed E-state index contributed by atoms with van der Waals surface area (Å²) in [4.78, 5) is 2.61. The number of hydrogen-bond acceptors (Lipinski definition) is 3. The summed E-state index contributed by atoms with van der Waals surface area (Å²) in [5.74, 6) is 0.683. The summed E-state index contributed by atoms with van der Waals surface area (Å²) < 4.78 is 7.57. The molecule has 0 spiro atoms. The van der Waals surface area contributed by atoms with Gasteiger partial charge in [0.25, 0.3) is 0 Å². The second-order valence-corrected chi connectivity index (χ2v) is 6.45. The normalized spacial score (nSPS) is 22.4. The molecule has 2 saturated heterocycles. The van der Waals surface area contributed by atoms with Crippen LogP contribution in [-0.2, 0) is 11.2 Å². The first kappa shape index (κ1) is 14.1. The third-order valence-electron chi connectivity index (χ3n) is 4.75. The molecule has 3 heterocycles. The molecule has 1 aromatic rings. The maximum Gasteiger partial charge on any atom is 0.0645 e. The Morgan fingerprint density at radius 2 is 2.00 bits per heavy atom. The maximum absolute atomic E-state index is 5.31. The van der Waals surface area contributed by atoms with Crippen molar-refractivity contribution in [3.63, 3.8) is 0 Å². The molecule has 0 aromatic carbocycles. The Morgan fingerprint density at radius 3 is 2.50 bits per heavy atom. The minimum atomic E-state index is 0.461. The van der Waals surface area contributed by atoms with Gasteiger partial charge in [-0.1, -0.05) is 6.92 Å². The van der Waals surface area contributed by atoms with Gasteiger partial charge in [-0.05, 0) is 52.3 Å². The van der Waals surface area contributed by atoms with E-state index in [1.54, 1.807) is 0 Å². The van der Waals surface area contributed by atoms with Gasteiger partial charge in [0.15, 0.2) is 0 Å². The largest absolute Gasteiger partial charge is 0.378 e. The van der Waals surface area contributed by atoms with Crippen molar-refractivity contribution < 1.29 is 4.74 Å². The maximum atomic E-state index is 5.31. The third-order valence-corrected chi connectivity index (χ3v) is 4.75. The summed E-state index contributed by atoms with van der Waals surface area (Å²) in [6.45, 7) is 11.0. The number of hydrogen-bond donors (Lipinski definition) is 0. The molecule has 2 fully saturated rings. The topological polar surface area (TPSA) is 30.3 Å². The summed E-state index contributed by atoms with van der Waals surface area (Å²) in [7, 11) is 0. The molecule has 2 aliphatic heterocycles. The monoisotopic (exact) mass is 277 g/mol. The first-order chi connectivity index (χ1) is 9.69. The van der Waals surface area contributed by atoms with E-state index in [4.69, 9.17) is 9.84 Å². The minimum Gasteiger partial charge on any atom is -0.378 e. The van der Waals surface area contributed by atoms with E-state index in [0.29, 0.717) is 18.0 Å². The molecule has 112 valence electrons. The van der Waals surface area contributed by atoms with Gasteiger partial charge in [0, 0.05) is 17.7 Å². The van der Waals surface area contributed by atoms with E-state index in [1.165, 1.54) is 37.3 Å². The van der Waals surface area contributed by atoms with Crippen molar-refractivity contribution in [3.05, 3.63) is 17.5 Å². The Labute approximate surface area is 122 Å². The molecule has 0 amide bonds. The molecule has 0 saturated carbocycles. The number of piperidine rings is 1. The van der Waals surface area contributed by atoms with Gasteiger partial charge in [-0.3, -0.25) is 9.58 Å². The Balaban J connectivity index is 1.69. The molecule has 0 bridgehead atoms. The molecule has 3 rings (SSSR count). The molecular formula is C16H27N3O. The van der Waals surface area contributed by atoms with Crippen LogP contribution >= 0.6 is 0 Å². The zero-order chi connectivity index (χ0) is 14.1. The molecule has 0 radical (unpaired) electrons. The molecule has 4 nitrogen and oxygen atoms in total. The minimum absolute atomic E-state index is 0.461. The van der Waals surface area contributed by atoms with Crippen LogP contribution in [0.15, 0.2) is 6.07 Å². The van der Waals surface area contributed by atoms with Gasteiger partial charge >= 0.3 is 0 Å².